The van der Waals surface area contributed by atoms with E-state index in [9.17, 15) is 14.4 Å². The van der Waals surface area contributed by atoms with Gasteiger partial charge in [0.25, 0.3) is 0 Å². The SMILES string of the molecule is CCOC(=O)CC=C(C(=O)OC)C(=O)OC. The molecule has 0 aliphatic carbocycles. The van der Waals surface area contributed by atoms with E-state index in [1.807, 2.05) is 0 Å². The standard InChI is InChI=1S/C10H14O6/c1-4-16-8(11)6-5-7(9(12)14-2)10(13)15-3/h5H,4,6H2,1-3H3. The third-order valence-corrected chi connectivity index (χ3v) is 1.59. The molecule has 0 spiro atoms. The molecule has 16 heavy (non-hydrogen) atoms. The highest BCUT2D eigenvalue weighted by molar-refractivity contribution is 6.14. The van der Waals surface area contributed by atoms with E-state index in [-0.39, 0.29) is 18.6 Å². The van der Waals surface area contributed by atoms with Gasteiger partial charge >= 0.3 is 17.9 Å². The van der Waals surface area contributed by atoms with Crippen molar-refractivity contribution < 1.29 is 28.6 Å². The van der Waals surface area contributed by atoms with Crippen molar-refractivity contribution in [1.82, 2.24) is 0 Å². The Balaban J connectivity index is 4.63. The van der Waals surface area contributed by atoms with Crippen LogP contribution in [0.3, 0.4) is 0 Å². The van der Waals surface area contributed by atoms with Crippen LogP contribution in [0.2, 0.25) is 0 Å². The Bertz CT molecular complexity index is 286. The summed E-state index contributed by atoms with van der Waals surface area (Å²) in [4.78, 5) is 33.3. The maximum atomic E-state index is 11.1. The van der Waals surface area contributed by atoms with Crippen LogP contribution in [0.1, 0.15) is 13.3 Å². The van der Waals surface area contributed by atoms with E-state index in [1.54, 1.807) is 6.92 Å². The van der Waals surface area contributed by atoms with Gasteiger partial charge < -0.3 is 14.2 Å². The molecule has 0 saturated carbocycles. The molecule has 0 amide bonds. The molecular formula is C10H14O6. The van der Waals surface area contributed by atoms with Gasteiger partial charge in [-0.2, -0.15) is 0 Å². The fraction of sp³-hybridized carbons (Fsp3) is 0.500. The average Bonchev–Trinajstić information content (AvgIpc) is 2.28. The molecule has 0 aromatic carbocycles. The minimum atomic E-state index is -0.851. The number of carbonyl (C=O) groups excluding carboxylic acids is 3. The first-order valence-electron chi connectivity index (χ1n) is 4.59. The zero-order chi connectivity index (χ0) is 12.6. The average molecular weight is 230 g/mol. The Morgan fingerprint density at radius 3 is 1.94 bits per heavy atom. The number of carbonyl (C=O) groups is 3. The minimum Gasteiger partial charge on any atom is -0.466 e. The quantitative estimate of drug-likeness (QED) is 0.221. The zero-order valence-electron chi connectivity index (χ0n) is 9.44. The molecule has 6 heteroatoms. The summed E-state index contributed by atoms with van der Waals surface area (Å²) in [7, 11) is 2.26. The predicted molar refractivity (Wildman–Crippen MR) is 53.4 cm³/mol. The van der Waals surface area contributed by atoms with Crippen LogP contribution in [0.4, 0.5) is 0 Å². The van der Waals surface area contributed by atoms with Crippen molar-refractivity contribution in [3.05, 3.63) is 11.6 Å². The number of rotatable bonds is 5. The lowest BCUT2D eigenvalue weighted by Crippen LogP contribution is -2.16. The van der Waals surface area contributed by atoms with Crippen LogP contribution in [0.15, 0.2) is 11.6 Å². The molecule has 0 rings (SSSR count). The highest BCUT2D eigenvalue weighted by atomic mass is 16.5. The first kappa shape index (κ1) is 14.2. The van der Waals surface area contributed by atoms with Gasteiger partial charge in [-0.3, -0.25) is 4.79 Å². The van der Waals surface area contributed by atoms with Crippen LogP contribution < -0.4 is 0 Å². The van der Waals surface area contributed by atoms with Crippen LogP contribution in [0.5, 0.6) is 0 Å². The second kappa shape index (κ2) is 7.44. The van der Waals surface area contributed by atoms with Crippen LogP contribution in [-0.2, 0) is 28.6 Å². The van der Waals surface area contributed by atoms with Gasteiger partial charge in [-0.15, -0.1) is 0 Å². The highest BCUT2D eigenvalue weighted by Crippen LogP contribution is 2.03. The molecule has 0 bridgehead atoms. The molecule has 0 aromatic rings. The second-order valence-corrected chi connectivity index (χ2v) is 2.61. The van der Waals surface area contributed by atoms with E-state index in [0.29, 0.717) is 0 Å². The van der Waals surface area contributed by atoms with Crippen LogP contribution in [0.25, 0.3) is 0 Å². The highest BCUT2D eigenvalue weighted by Gasteiger charge is 2.19. The Kier molecular flexibility index (Phi) is 6.58. The van der Waals surface area contributed by atoms with E-state index in [4.69, 9.17) is 0 Å². The summed E-state index contributed by atoms with van der Waals surface area (Å²) in [5.74, 6) is -2.24. The summed E-state index contributed by atoms with van der Waals surface area (Å²) in [5, 5.41) is 0. The van der Waals surface area contributed by atoms with Gasteiger partial charge in [0.15, 0.2) is 0 Å². The monoisotopic (exact) mass is 230 g/mol. The lowest BCUT2D eigenvalue weighted by Gasteiger charge is -2.03. The fourth-order valence-electron chi connectivity index (χ4n) is 0.875. The maximum Gasteiger partial charge on any atom is 0.344 e. The van der Waals surface area contributed by atoms with Crippen molar-refractivity contribution >= 4 is 17.9 Å². The van der Waals surface area contributed by atoms with Gasteiger partial charge in [0.05, 0.1) is 27.2 Å². The van der Waals surface area contributed by atoms with Gasteiger partial charge in [-0.05, 0) is 6.92 Å². The van der Waals surface area contributed by atoms with Crippen LogP contribution >= 0.6 is 0 Å². The summed E-state index contributed by atoms with van der Waals surface area (Å²) in [5.41, 5.74) is -0.321. The van der Waals surface area contributed by atoms with Crippen molar-refractivity contribution in [2.75, 3.05) is 20.8 Å². The van der Waals surface area contributed by atoms with E-state index >= 15 is 0 Å². The van der Waals surface area contributed by atoms with Crippen molar-refractivity contribution in [3.8, 4) is 0 Å². The molecular weight excluding hydrogens is 216 g/mol. The van der Waals surface area contributed by atoms with E-state index in [2.05, 4.69) is 14.2 Å². The molecule has 0 fully saturated rings. The fourth-order valence-corrected chi connectivity index (χ4v) is 0.875. The molecule has 0 aliphatic rings. The molecule has 0 aliphatic heterocycles. The topological polar surface area (TPSA) is 78.9 Å². The number of hydrogen-bond acceptors (Lipinski definition) is 6. The molecule has 0 heterocycles. The summed E-state index contributed by atoms with van der Waals surface area (Å²) in [6.45, 7) is 1.89. The number of hydrogen-bond donors (Lipinski definition) is 0. The predicted octanol–water partition coefficient (Wildman–Crippen LogP) is 0.212. The number of esters is 3. The third-order valence-electron chi connectivity index (χ3n) is 1.59. The Labute approximate surface area is 93.2 Å². The Morgan fingerprint density at radius 2 is 1.56 bits per heavy atom. The van der Waals surface area contributed by atoms with Crippen LogP contribution in [0, 0.1) is 0 Å². The number of methoxy groups -OCH3 is 2. The lowest BCUT2D eigenvalue weighted by atomic mass is 10.2. The summed E-state index contributed by atoms with van der Waals surface area (Å²) >= 11 is 0. The lowest BCUT2D eigenvalue weighted by molar-refractivity contribution is -0.144. The molecule has 6 nitrogen and oxygen atoms in total. The largest absolute Gasteiger partial charge is 0.466 e. The minimum absolute atomic E-state index is 0.187. The maximum absolute atomic E-state index is 11.1. The molecule has 0 atom stereocenters. The summed E-state index contributed by atoms with van der Waals surface area (Å²) in [6.07, 6.45) is 0.934. The smallest absolute Gasteiger partial charge is 0.344 e. The Morgan fingerprint density at radius 1 is 1.06 bits per heavy atom. The molecule has 0 aromatic heterocycles. The van der Waals surface area contributed by atoms with E-state index < -0.39 is 17.9 Å². The summed E-state index contributed by atoms with van der Waals surface area (Å²) < 4.78 is 13.4. The van der Waals surface area contributed by atoms with Crippen molar-refractivity contribution in [2.24, 2.45) is 0 Å². The Hall–Kier alpha value is -1.85. The van der Waals surface area contributed by atoms with Gasteiger partial charge in [-0.25, -0.2) is 9.59 Å². The van der Waals surface area contributed by atoms with Gasteiger partial charge in [0.2, 0.25) is 0 Å². The van der Waals surface area contributed by atoms with Crippen LogP contribution in [-0.4, -0.2) is 38.7 Å². The van der Waals surface area contributed by atoms with E-state index in [0.717, 1.165) is 20.3 Å². The van der Waals surface area contributed by atoms with Gasteiger partial charge in [0.1, 0.15) is 5.57 Å². The third kappa shape index (κ3) is 4.59. The normalized spacial score (nSPS) is 8.94. The first-order chi connectivity index (χ1) is 7.56. The molecule has 90 valence electrons. The molecule has 0 saturated heterocycles. The first-order valence-corrected chi connectivity index (χ1v) is 4.59. The molecule has 0 unspecified atom stereocenters. The van der Waals surface area contributed by atoms with Gasteiger partial charge in [0, 0.05) is 0 Å². The van der Waals surface area contributed by atoms with Crippen molar-refractivity contribution in [1.29, 1.82) is 0 Å². The van der Waals surface area contributed by atoms with Crippen molar-refractivity contribution in [3.63, 3.8) is 0 Å². The van der Waals surface area contributed by atoms with E-state index in [1.165, 1.54) is 0 Å². The molecule has 0 N–H and O–H groups in total. The van der Waals surface area contributed by atoms with Gasteiger partial charge in [-0.1, -0.05) is 6.08 Å². The van der Waals surface area contributed by atoms with Crippen molar-refractivity contribution in [2.45, 2.75) is 13.3 Å². The second-order valence-electron chi connectivity index (χ2n) is 2.61. The molecule has 0 radical (unpaired) electrons. The summed E-state index contributed by atoms with van der Waals surface area (Å²) in [6, 6.07) is 0. The zero-order valence-corrected chi connectivity index (χ0v) is 9.44. The number of ether oxygens (including phenoxy) is 3.